The molecular weight excluding hydrogens is 190 g/mol. The Morgan fingerprint density at radius 1 is 1.13 bits per heavy atom. The minimum Gasteiger partial charge on any atom is -0.389 e. The Balaban J connectivity index is 1.78. The third-order valence-electron chi connectivity index (χ3n) is 3.36. The minimum atomic E-state index is -0.320. The second kappa shape index (κ2) is 3.59. The van der Waals surface area contributed by atoms with Crippen LogP contribution in [0.3, 0.4) is 0 Å². The largest absolute Gasteiger partial charge is 0.389 e. The van der Waals surface area contributed by atoms with Crippen LogP contribution in [0.1, 0.15) is 11.1 Å². The van der Waals surface area contributed by atoms with Gasteiger partial charge in [-0.1, -0.05) is 24.3 Å². The van der Waals surface area contributed by atoms with Gasteiger partial charge in [0.1, 0.15) is 0 Å². The van der Waals surface area contributed by atoms with Crippen LogP contribution < -0.4 is 0 Å². The van der Waals surface area contributed by atoms with Crippen molar-refractivity contribution in [3.05, 3.63) is 35.4 Å². The fourth-order valence-corrected chi connectivity index (χ4v) is 2.47. The van der Waals surface area contributed by atoms with E-state index in [1.54, 1.807) is 0 Å². The SMILES string of the molecule is O[C@@H]1COC[C@H]1N1Cc2ccccc2C1. The quantitative estimate of drug-likeness (QED) is 0.734. The lowest BCUT2D eigenvalue weighted by molar-refractivity contribution is 0.0806. The summed E-state index contributed by atoms with van der Waals surface area (Å²) in [6.07, 6.45) is -0.320. The molecule has 1 N–H and O–H groups in total. The Hall–Kier alpha value is -0.900. The van der Waals surface area contributed by atoms with E-state index < -0.39 is 0 Å². The first-order valence-electron chi connectivity index (χ1n) is 5.41. The van der Waals surface area contributed by atoms with Gasteiger partial charge in [-0.05, 0) is 11.1 Å². The second-order valence-electron chi connectivity index (χ2n) is 4.35. The van der Waals surface area contributed by atoms with Crippen LogP contribution in [0.15, 0.2) is 24.3 Å². The molecule has 1 aromatic rings. The Morgan fingerprint density at radius 3 is 2.33 bits per heavy atom. The molecule has 0 aromatic heterocycles. The molecule has 1 saturated heterocycles. The molecule has 2 aliphatic rings. The number of rotatable bonds is 1. The molecule has 15 heavy (non-hydrogen) atoms. The Labute approximate surface area is 89.3 Å². The Bertz CT molecular complexity index is 341. The molecule has 3 heteroatoms. The van der Waals surface area contributed by atoms with E-state index in [1.807, 2.05) is 0 Å². The smallest absolute Gasteiger partial charge is 0.0951 e. The number of aliphatic hydroxyl groups excluding tert-OH is 1. The zero-order chi connectivity index (χ0) is 10.3. The van der Waals surface area contributed by atoms with Gasteiger partial charge < -0.3 is 9.84 Å². The fourth-order valence-electron chi connectivity index (χ4n) is 2.47. The van der Waals surface area contributed by atoms with Crippen LogP contribution in [0.2, 0.25) is 0 Å². The number of nitrogens with zero attached hydrogens (tertiary/aromatic N) is 1. The molecule has 3 nitrogen and oxygen atoms in total. The van der Waals surface area contributed by atoms with Gasteiger partial charge in [0.15, 0.2) is 0 Å². The van der Waals surface area contributed by atoms with E-state index in [-0.39, 0.29) is 12.1 Å². The molecule has 0 bridgehead atoms. The van der Waals surface area contributed by atoms with E-state index in [1.165, 1.54) is 11.1 Å². The molecule has 0 spiro atoms. The lowest BCUT2D eigenvalue weighted by Gasteiger charge is -2.24. The lowest BCUT2D eigenvalue weighted by Crippen LogP contribution is -2.39. The summed E-state index contributed by atoms with van der Waals surface area (Å²) < 4.78 is 5.29. The summed E-state index contributed by atoms with van der Waals surface area (Å²) in [5.41, 5.74) is 2.77. The molecule has 2 aliphatic heterocycles. The lowest BCUT2D eigenvalue weighted by atomic mass is 10.1. The van der Waals surface area contributed by atoms with E-state index in [0.717, 1.165) is 13.1 Å². The van der Waals surface area contributed by atoms with E-state index in [0.29, 0.717) is 13.2 Å². The summed E-state index contributed by atoms with van der Waals surface area (Å²) in [6.45, 7) is 3.04. The molecule has 3 rings (SSSR count). The van der Waals surface area contributed by atoms with Crippen molar-refractivity contribution in [2.24, 2.45) is 0 Å². The number of aliphatic hydroxyl groups is 1. The third-order valence-corrected chi connectivity index (χ3v) is 3.36. The van der Waals surface area contributed by atoms with Crippen molar-refractivity contribution in [1.29, 1.82) is 0 Å². The van der Waals surface area contributed by atoms with Gasteiger partial charge >= 0.3 is 0 Å². The average Bonchev–Trinajstić information content (AvgIpc) is 2.82. The topological polar surface area (TPSA) is 32.7 Å². The van der Waals surface area contributed by atoms with Crippen LogP contribution in [0.5, 0.6) is 0 Å². The van der Waals surface area contributed by atoms with Gasteiger partial charge in [-0.2, -0.15) is 0 Å². The maximum atomic E-state index is 9.76. The average molecular weight is 205 g/mol. The van der Waals surface area contributed by atoms with Crippen molar-refractivity contribution < 1.29 is 9.84 Å². The molecule has 0 aliphatic carbocycles. The predicted molar refractivity (Wildman–Crippen MR) is 56.3 cm³/mol. The van der Waals surface area contributed by atoms with Crippen molar-refractivity contribution in [2.45, 2.75) is 25.2 Å². The van der Waals surface area contributed by atoms with Crippen molar-refractivity contribution in [2.75, 3.05) is 13.2 Å². The maximum absolute atomic E-state index is 9.76. The molecule has 0 radical (unpaired) electrons. The zero-order valence-corrected chi connectivity index (χ0v) is 8.60. The van der Waals surface area contributed by atoms with Crippen LogP contribution in [-0.4, -0.2) is 35.4 Å². The standard InChI is InChI=1S/C12H15NO2/c14-12-8-15-7-11(12)13-5-9-3-1-2-4-10(9)6-13/h1-4,11-12,14H,5-8H2/t11-,12-/m1/s1. The van der Waals surface area contributed by atoms with E-state index in [4.69, 9.17) is 4.74 Å². The normalized spacial score (nSPS) is 30.7. The first kappa shape index (κ1) is 9.33. The highest BCUT2D eigenvalue weighted by Gasteiger charge is 2.34. The van der Waals surface area contributed by atoms with E-state index in [2.05, 4.69) is 29.2 Å². The Morgan fingerprint density at radius 2 is 1.80 bits per heavy atom. The highest BCUT2D eigenvalue weighted by Crippen LogP contribution is 2.27. The third kappa shape index (κ3) is 1.57. The summed E-state index contributed by atoms with van der Waals surface area (Å²) in [4.78, 5) is 2.31. The molecule has 0 saturated carbocycles. The highest BCUT2D eigenvalue weighted by atomic mass is 16.5. The zero-order valence-electron chi connectivity index (χ0n) is 8.60. The second-order valence-corrected chi connectivity index (χ2v) is 4.35. The number of hydrogen-bond donors (Lipinski definition) is 1. The van der Waals surface area contributed by atoms with Gasteiger partial charge in [0.2, 0.25) is 0 Å². The minimum absolute atomic E-state index is 0.178. The fraction of sp³-hybridized carbons (Fsp3) is 0.500. The van der Waals surface area contributed by atoms with Crippen LogP contribution in [0.25, 0.3) is 0 Å². The summed E-state index contributed by atoms with van der Waals surface area (Å²) in [7, 11) is 0. The van der Waals surface area contributed by atoms with Gasteiger partial charge in [-0.15, -0.1) is 0 Å². The van der Waals surface area contributed by atoms with Crippen LogP contribution in [0.4, 0.5) is 0 Å². The number of fused-ring (bicyclic) bond motifs is 1. The first-order valence-corrected chi connectivity index (χ1v) is 5.41. The van der Waals surface area contributed by atoms with Crippen molar-refractivity contribution in [3.63, 3.8) is 0 Å². The van der Waals surface area contributed by atoms with Gasteiger partial charge in [0, 0.05) is 13.1 Å². The van der Waals surface area contributed by atoms with Gasteiger partial charge in [0.25, 0.3) is 0 Å². The number of hydrogen-bond acceptors (Lipinski definition) is 3. The van der Waals surface area contributed by atoms with Gasteiger partial charge in [-0.25, -0.2) is 0 Å². The van der Waals surface area contributed by atoms with Gasteiger partial charge in [0.05, 0.1) is 25.4 Å². The molecule has 1 aromatic carbocycles. The monoisotopic (exact) mass is 205 g/mol. The molecular formula is C12H15NO2. The van der Waals surface area contributed by atoms with Crippen LogP contribution in [0, 0.1) is 0 Å². The summed E-state index contributed by atoms with van der Waals surface area (Å²) >= 11 is 0. The molecule has 80 valence electrons. The van der Waals surface area contributed by atoms with E-state index >= 15 is 0 Å². The maximum Gasteiger partial charge on any atom is 0.0951 e. The highest BCUT2D eigenvalue weighted by molar-refractivity contribution is 5.30. The predicted octanol–water partition coefficient (Wildman–Crippen LogP) is 0.762. The molecule has 0 amide bonds. The Kier molecular flexibility index (Phi) is 2.24. The van der Waals surface area contributed by atoms with Gasteiger partial charge in [-0.3, -0.25) is 4.90 Å². The number of benzene rings is 1. The van der Waals surface area contributed by atoms with Crippen molar-refractivity contribution >= 4 is 0 Å². The molecule has 2 atom stereocenters. The first-order chi connectivity index (χ1) is 7.34. The molecule has 1 fully saturated rings. The summed E-state index contributed by atoms with van der Waals surface area (Å²) in [5, 5.41) is 9.76. The summed E-state index contributed by atoms with van der Waals surface area (Å²) in [6, 6.07) is 8.65. The number of ether oxygens (including phenoxy) is 1. The van der Waals surface area contributed by atoms with Crippen LogP contribution in [-0.2, 0) is 17.8 Å². The van der Waals surface area contributed by atoms with Crippen molar-refractivity contribution in [1.82, 2.24) is 4.90 Å². The van der Waals surface area contributed by atoms with Crippen LogP contribution >= 0.6 is 0 Å². The van der Waals surface area contributed by atoms with E-state index in [9.17, 15) is 5.11 Å². The van der Waals surface area contributed by atoms with Crippen molar-refractivity contribution in [3.8, 4) is 0 Å². The molecule has 2 heterocycles. The summed E-state index contributed by atoms with van der Waals surface area (Å²) in [5.74, 6) is 0. The molecule has 0 unspecified atom stereocenters.